The van der Waals surface area contributed by atoms with Crippen molar-refractivity contribution in [2.75, 3.05) is 39.9 Å². The van der Waals surface area contributed by atoms with Crippen molar-refractivity contribution in [1.29, 1.82) is 0 Å². The summed E-state index contributed by atoms with van der Waals surface area (Å²) >= 11 is 0. The molecule has 4 heteroatoms. The summed E-state index contributed by atoms with van der Waals surface area (Å²) in [7, 11) is 1.90. The van der Waals surface area contributed by atoms with E-state index in [0.717, 1.165) is 19.6 Å². The van der Waals surface area contributed by atoms with Crippen LogP contribution < -0.4 is 0 Å². The van der Waals surface area contributed by atoms with Crippen LogP contribution in [-0.2, 0) is 9.53 Å². The first-order valence-electron chi connectivity index (χ1n) is 7.52. The lowest BCUT2D eigenvalue weighted by Crippen LogP contribution is -2.43. The molecule has 2 aliphatic rings. The van der Waals surface area contributed by atoms with Gasteiger partial charge in [-0.15, -0.1) is 0 Å². The Morgan fingerprint density at radius 1 is 1.24 bits per heavy atom. The van der Waals surface area contributed by atoms with Crippen LogP contribution in [0.3, 0.4) is 0 Å². The quantitative estimate of drug-likeness (QED) is 0.844. The van der Waals surface area contributed by atoms with Gasteiger partial charge < -0.3 is 9.64 Å². The molecule has 1 amide bonds. The van der Waals surface area contributed by atoms with Crippen LogP contribution >= 0.6 is 0 Å². The fourth-order valence-electron chi connectivity index (χ4n) is 3.04. The normalized spacial score (nSPS) is 27.1. The molecular formula is C17H22N2O2. The first kappa shape index (κ1) is 14.3. The number of ether oxygens (including phenoxy) is 1. The van der Waals surface area contributed by atoms with E-state index in [1.807, 2.05) is 30.1 Å². The third kappa shape index (κ3) is 3.34. The fraction of sp³-hybridized carbons (Fsp3) is 0.471. The van der Waals surface area contributed by atoms with Gasteiger partial charge in [-0.1, -0.05) is 42.5 Å². The zero-order valence-electron chi connectivity index (χ0n) is 12.4. The number of likely N-dealkylation sites (N-methyl/N-ethyl adjacent to an activating group) is 1. The summed E-state index contributed by atoms with van der Waals surface area (Å²) in [6, 6.07) is 10.5. The maximum Gasteiger partial charge on any atom is 0.229 e. The largest absolute Gasteiger partial charge is 0.378 e. The lowest BCUT2D eigenvalue weighted by Gasteiger charge is -2.28. The van der Waals surface area contributed by atoms with Gasteiger partial charge in [-0.2, -0.15) is 0 Å². The summed E-state index contributed by atoms with van der Waals surface area (Å²) < 4.78 is 5.62. The smallest absolute Gasteiger partial charge is 0.229 e. The zero-order valence-corrected chi connectivity index (χ0v) is 12.4. The molecule has 2 bridgehead atoms. The molecule has 4 nitrogen and oxygen atoms in total. The topological polar surface area (TPSA) is 32.8 Å². The molecule has 2 heterocycles. The molecule has 0 aliphatic carbocycles. The molecule has 0 aromatic heterocycles. The van der Waals surface area contributed by atoms with Gasteiger partial charge in [0.25, 0.3) is 0 Å². The summed E-state index contributed by atoms with van der Waals surface area (Å²) in [4.78, 5) is 16.5. The molecule has 1 aromatic rings. The second-order valence-corrected chi connectivity index (χ2v) is 5.87. The van der Waals surface area contributed by atoms with Crippen molar-refractivity contribution < 1.29 is 9.53 Å². The first-order valence-corrected chi connectivity index (χ1v) is 7.52. The molecule has 0 radical (unpaired) electrons. The molecule has 2 aliphatic heterocycles. The Bertz CT molecular complexity index is 515. The number of carbonyl (C=O) groups excluding carboxylic acids is 1. The first-order chi connectivity index (χ1) is 10.2. The molecule has 2 fully saturated rings. The van der Waals surface area contributed by atoms with E-state index in [1.54, 1.807) is 0 Å². The van der Waals surface area contributed by atoms with Crippen molar-refractivity contribution in [3.63, 3.8) is 0 Å². The predicted molar refractivity (Wildman–Crippen MR) is 82.8 cm³/mol. The van der Waals surface area contributed by atoms with Crippen molar-refractivity contribution in [1.82, 2.24) is 9.80 Å². The van der Waals surface area contributed by atoms with Crippen molar-refractivity contribution in [3.05, 3.63) is 42.0 Å². The molecular weight excluding hydrogens is 264 g/mol. The van der Waals surface area contributed by atoms with Gasteiger partial charge in [0.2, 0.25) is 5.91 Å². The molecule has 3 rings (SSSR count). The molecule has 112 valence electrons. The van der Waals surface area contributed by atoms with Crippen molar-refractivity contribution in [2.24, 2.45) is 5.92 Å². The minimum absolute atomic E-state index is 0.0207. The number of benzene rings is 1. The van der Waals surface area contributed by atoms with Gasteiger partial charge in [-0.05, 0) is 5.56 Å². The Kier molecular flexibility index (Phi) is 4.36. The van der Waals surface area contributed by atoms with Crippen LogP contribution in [0.4, 0.5) is 0 Å². The van der Waals surface area contributed by atoms with E-state index >= 15 is 0 Å². The number of nitrogens with zero attached hydrogens (tertiary/aromatic N) is 2. The van der Waals surface area contributed by atoms with Crippen LogP contribution in [0.1, 0.15) is 5.56 Å². The number of fused-ring (bicyclic) bond motifs is 3. The average molecular weight is 286 g/mol. The molecule has 0 unspecified atom stereocenters. The zero-order chi connectivity index (χ0) is 14.7. The van der Waals surface area contributed by atoms with Crippen molar-refractivity contribution >= 4 is 12.0 Å². The Morgan fingerprint density at radius 3 is 2.86 bits per heavy atom. The van der Waals surface area contributed by atoms with Crippen LogP contribution in [-0.4, -0.2) is 61.6 Å². The van der Waals surface area contributed by atoms with E-state index in [1.165, 1.54) is 5.56 Å². The highest BCUT2D eigenvalue weighted by molar-refractivity contribution is 5.80. The van der Waals surface area contributed by atoms with E-state index in [4.69, 9.17) is 4.74 Å². The van der Waals surface area contributed by atoms with E-state index in [9.17, 15) is 4.79 Å². The maximum absolute atomic E-state index is 12.3. The number of rotatable bonds is 3. The van der Waals surface area contributed by atoms with Gasteiger partial charge >= 0.3 is 0 Å². The van der Waals surface area contributed by atoms with Gasteiger partial charge in [-0.3, -0.25) is 9.69 Å². The predicted octanol–water partition coefficient (Wildman–Crippen LogP) is 1.49. The second-order valence-electron chi connectivity index (χ2n) is 5.87. The minimum Gasteiger partial charge on any atom is -0.378 e. The van der Waals surface area contributed by atoms with Crippen molar-refractivity contribution in [3.8, 4) is 0 Å². The lowest BCUT2D eigenvalue weighted by atomic mass is 10.1. The molecule has 21 heavy (non-hydrogen) atoms. The van der Waals surface area contributed by atoms with Crippen LogP contribution in [0.2, 0.25) is 0 Å². The third-order valence-corrected chi connectivity index (χ3v) is 4.29. The molecule has 1 aromatic carbocycles. The average Bonchev–Trinajstić information content (AvgIpc) is 2.67. The van der Waals surface area contributed by atoms with Crippen LogP contribution in [0.25, 0.3) is 6.08 Å². The lowest BCUT2D eigenvalue weighted by molar-refractivity contribution is -0.133. The monoisotopic (exact) mass is 286 g/mol. The SMILES string of the molecule is CN1C(=O)[C@H]2COC[C@@H]1CN(CC=Cc1ccccc1)C2. The third-order valence-electron chi connectivity index (χ3n) is 4.29. The number of carbonyl (C=O) groups is 1. The minimum atomic E-state index is -0.0207. The standard InChI is InChI=1S/C17H22N2O2/c1-18-16-11-19(10-15(17(18)20)12-21-13-16)9-5-8-14-6-3-2-4-7-14/h2-8,15-16H,9-13H2,1H3/t15-,16+/m1/s1. The molecule has 0 spiro atoms. The Morgan fingerprint density at radius 2 is 2.05 bits per heavy atom. The maximum atomic E-state index is 12.3. The molecule has 0 N–H and O–H groups in total. The summed E-state index contributed by atoms with van der Waals surface area (Å²) in [5.41, 5.74) is 1.21. The van der Waals surface area contributed by atoms with Gasteiger partial charge in [0.05, 0.1) is 25.2 Å². The van der Waals surface area contributed by atoms with Crippen LogP contribution in [0, 0.1) is 5.92 Å². The highest BCUT2D eigenvalue weighted by Crippen LogP contribution is 2.19. The van der Waals surface area contributed by atoms with Crippen molar-refractivity contribution in [2.45, 2.75) is 6.04 Å². The summed E-state index contributed by atoms with van der Waals surface area (Å²) in [6.07, 6.45) is 4.32. The van der Waals surface area contributed by atoms with E-state index in [-0.39, 0.29) is 17.9 Å². The van der Waals surface area contributed by atoms with Gasteiger partial charge in [0.1, 0.15) is 0 Å². The number of hydrogen-bond donors (Lipinski definition) is 0. The van der Waals surface area contributed by atoms with Gasteiger partial charge in [-0.25, -0.2) is 0 Å². The highest BCUT2D eigenvalue weighted by Gasteiger charge is 2.36. The molecule has 2 atom stereocenters. The Hall–Kier alpha value is -1.65. The van der Waals surface area contributed by atoms with E-state index < -0.39 is 0 Å². The van der Waals surface area contributed by atoms with Gasteiger partial charge in [0.15, 0.2) is 0 Å². The highest BCUT2D eigenvalue weighted by atomic mass is 16.5. The summed E-state index contributed by atoms with van der Waals surface area (Å²) in [5, 5.41) is 0. The van der Waals surface area contributed by atoms with Gasteiger partial charge in [0, 0.05) is 26.7 Å². The Balaban J connectivity index is 1.64. The van der Waals surface area contributed by atoms with E-state index in [2.05, 4.69) is 29.2 Å². The Labute approximate surface area is 126 Å². The summed E-state index contributed by atoms with van der Waals surface area (Å²) in [6.45, 7) is 3.76. The van der Waals surface area contributed by atoms with E-state index in [0.29, 0.717) is 13.2 Å². The number of hydrogen-bond acceptors (Lipinski definition) is 3. The fourth-order valence-corrected chi connectivity index (χ4v) is 3.04. The molecule has 2 saturated heterocycles. The van der Waals surface area contributed by atoms with Crippen LogP contribution in [0.5, 0.6) is 0 Å². The number of amides is 1. The summed E-state index contributed by atoms with van der Waals surface area (Å²) in [5.74, 6) is 0.208. The molecule has 0 saturated carbocycles. The second kappa shape index (κ2) is 6.41. The van der Waals surface area contributed by atoms with Crippen LogP contribution in [0.15, 0.2) is 36.4 Å².